The Morgan fingerprint density at radius 1 is 0.841 bits per heavy atom. The van der Waals surface area contributed by atoms with Crippen LogP contribution in [-0.4, -0.2) is 79.5 Å². The van der Waals surface area contributed by atoms with Crippen LogP contribution in [-0.2, 0) is 17.7 Å². The average Bonchev–Trinajstić information content (AvgIpc) is 3.03. The van der Waals surface area contributed by atoms with Crippen molar-refractivity contribution in [3.05, 3.63) is 94.5 Å². The van der Waals surface area contributed by atoms with Gasteiger partial charge in [-0.2, -0.15) is 0 Å². The van der Waals surface area contributed by atoms with E-state index in [0.717, 1.165) is 29.5 Å². The van der Waals surface area contributed by atoms with Crippen LogP contribution in [0.4, 0.5) is 0 Å². The summed E-state index contributed by atoms with van der Waals surface area (Å²) in [7, 11) is 3.15. The van der Waals surface area contributed by atoms with E-state index in [1.54, 1.807) is 31.3 Å². The number of nitrogens with zero attached hydrogens (tertiary/aromatic N) is 2. The zero-order valence-electron chi connectivity index (χ0n) is 26.6. The second-order valence-corrected chi connectivity index (χ2v) is 11.0. The first-order valence-corrected chi connectivity index (χ1v) is 15.2. The lowest BCUT2D eigenvalue weighted by Gasteiger charge is -2.29. The molecule has 0 fully saturated rings. The number of nitrogens with two attached hydrogens (primary N) is 1. The molecule has 3 aromatic carbocycles. The predicted octanol–water partition coefficient (Wildman–Crippen LogP) is 4.82. The third kappa shape index (κ3) is 10.1. The molecule has 2 atom stereocenters. The van der Waals surface area contributed by atoms with Crippen LogP contribution in [0.3, 0.4) is 0 Å². The van der Waals surface area contributed by atoms with Gasteiger partial charge < -0.3 is 34.9 Å². The Bertz CT molecular complexity index is 1340. The van der Waals surface area contributed by atoms with Gasteiger partial charge in [-0.15, -0.1) is 0 Å². The third-order valence-electron chi connectivity index (χ3n) is 7.28. The van der Waals surface area contributed by atoms with Crippen molar-refractivity contribution < 1.29 is 28.9 Å². The molecule has 0 heterocycles. The lowest BCUT2D eigenvalue weighted by molar-refractivity contribution is 0.0510. The molecule has 0 saturated heterocycles. The number of hydrogen-bond donors (Lipinski definition) is 2. The molecule has 0 aliphatic rings. The average molecular weight is 606 g/mol. The number of amides is 2. The number of aliphatic hydroxyl groups excluding tert-OH is 1. The molecule has 0 bridgehead atoms. The fraction of sp³-hybridized carbons (Fsp3) is 0.429. The Kier molecular flexibility index (Phi) is 13.7. The first-order valence-electron chi connectivity index (χ1n) is 15.2. The molecule has 0 aliphatic heterocycles. The predicted molar refractivity (Wildman–Crippen MR) is 172 cm³/mol. The van der Waals surface area contributed by atoms with Gasteiger partial charge in [0.25, 0.3) is 11.8 Å². The maximum atomic E-state index is 14.1. The molecule has 0 aliphatic carbocycles. The molecule has 238 valence electrons. The van der Waals surface area contributed by atoms with Gasteiger partial charge in [0.1, 0.15) is 11.5 Å². The topological polar surface area (TPSA) is 115 Å². The number of carbonyl (C=O) groups is 2. The summed E-state index contributed by atoms with van der Waals surface area (Å²) in [6.07, 6.45) is 1.09. The normalized spacial score (nSPS) is 12.3. The van der Waals surface area contributed by atoms with Crippen molar-refractivity contribution in [1.29, 1.82) is 0 Å². The molecule has 9 heteroatoms. The highest BCUT2D eigenvalue weighted by atomic mass is 16.7. The Hall–Kier alpha value is -3.92. The van der Waals surface area contributed by atoms with Gasteiger partial charge >= 0.3 is 0 Å². The Morgan fingerprint density at radius 2 is 1.48 bits per heavy atom. The van der Waals surface area contributed by atoms with Gasteiger partial charge in [-0.3, -0.25) is 9.59 Å². The molecule has 2 amide bonds. The van der Waals surface area contributed by atoms with Gasteiger partial charge in [-0.25, -0.2) is 0 Å². The number of hydrogen-bond acceptors (Lipinski definition) is 7. The number of aliphatic hydroxyl groups is 1. The molecule has 0 spiro atoms. The molecule has 44 heavy (non-hydrogen) atoms. The van der Waals surface area contributed by atoms with Crippen molar-refractivity contribution in [1.82, 2.24) is 9.80 Å². The number of methoxy groups -OCH3 is 2. The Balaban J connectivity index is 1.86. The van der Waals surface area contributed by atoms with Crippen LogP contribution in [0.25, 0.3) is 0 Å². The molecular formula is C35H47N3O6. The summed E-state index contributed by atoms with van der Waals surface area (Å²) >= 11 is 0. The fourth-order valence-electron chi connectivity index (χ4n) is 5.08. The molecule has 3 N–H and O–H groups in total. The third-order valence-corrected chi connectivity index (χ3v) is 7.28. The van der Waals surface area contributed by atoms with E-state index in [-0.39, 0.29) is 31.7 Å². The van der Waals surface area contributed by atoms with Crippen LogP contribution in [0.1, 0.15) is 64.1 Å². The summed E-state index contributed by atoms with van der Waals surface area (Å²) in [5.74, 6) is 0.948. The summed E-state index contributed by atoms with van der Waals surface area (Å²) in [4.78, 5) is 30.9. The zero-order valence-corrected chi connectivity index (χ0v) is 26.6. The van der Waals surface area contributed by atoms with Crippen molar-refractivity contribution in [2.24, 2.45) is 5.73 Å². The van der Waals surface area contributed by atoms with Crippen LogP contribution < -0.4 is 15.2 Å². The zero-order chi connectivity index (χ0) is 32.1. The summed E-state index contributed by atoms with van der Waals surface area (Å²) in [6.45, 7) is 7.64. The van der Waals surface area contributed by atoms with Crippen molar-refractivity contribution >= 4 is 11.8 Å². The van der Waals surface area contributed by atoms with E-state index in [0.29, 0.717) is 42.1 Å². The van der Waals surface area contributed by atoms with Gasteiger partial charge in [0.2, 0.25) is 0 Å². The SMILES string of the molecule is CCCN(CCC)C(=O)c1cc(C)cc(C(=O)N(Cc2cccc(OC)c2)CC(O)[C@@H](N)Cc2ccc(OCOC)cc2)c1. The van der Waals surface area contributed by atoms with Crippen molar-refractivity contribution in [2.75, 3.05) is 40.6 Å². The van der Waals surface area contributed by atoms with Crippen LogP contribution in [0.2, 0.25) is 0 Å². The van der Waals surface area contributed by atoms with Crippen molar-refractivity contribution in [3.8, 4) is 11.5 Å². The molecule has 3 aromatic rings. The first-order chi connectivity index (χ1) is 21.2. The van der Waals surface area contributed by atoms with Crippen molar-refractivity contribution in [2.45, 2.75) is 58.7 Å². The monoisotopic (exact) mass is 605 g/mol. The molecule has 9 nitrogen and oxygen atoms in total. The lowest BCUT2D eigenvalue weighted by atomic mass is 10.0. The van der Waals surface area contributed by atoms with E-state index in [4.69, 9.17) is 19.9 Å². The molecule has 1 unspecified atom stereocenters. The van der Waals surface area contributed by atoms with Gasteiger partial charge in [0, 0.05) is 50.5 Å². The van der Waals surface area contributed by atoms with Gasteiger partial charge in [0.15, 0.2) is 6.79 Å². The van der Waals surface area contributed by atoms with Crippen molar-refractivity contribution in [3.63, 3.8) is 0 Å². The number of ether oxygens (including phenoxy) is 3. The highest BCUT2D eigenvalue weighted by molar-refractivity contribution is 6.00. The minimum absolute atomic E-state index is 0.00125. The maximum Gasteiger partial charge on any atom is 0.254 e. The quantitative estimate of drug-likeness (QED) is 0.212. The van der Waals surface area contributed by atoms with E-state index in [1.165, 1.54) is 0 Å². The number of rotatable bonds is 17. The minimum atomic E-state index is -1.01. The van der Waals surface area contributed by atoms with E-state index in [9.17, 15) is 14.7 Å². The van der Waals surface area contributed by atoms with Crippen LogP contribution in [0.5, 0.6) is 11.5 Å². The van der Waals surface area contributed by atoms with Gasteiger partial charge in [-0.05, 0) is 85.3 Å². The van der Waals surface area contributed by atoms with Gasteiger partial charge in [0.05, 0.1) is 13.2 Å². The second-order valence-electron chi connectivity index (χ2n) is 11.0. The standard InChI is InChI=1S/C35H47N3O6/c1-6-15-37(16-7-2)34(40)28-17-25(3)18-29(21-28)35(41)38(22-27-9-8-10-31(19-27)43-5)23-33(39)32(36)20-26-11-13-30(14-12-26)44-24-42-4/h8-14,17-19,21,32-33,39H,6-7,15-16,20,22-24,36H2,1-5H3/t32-,33?/m0/s1. The summed E-state index contributed by atoms with van der Waals surface area (Å²) < 4.78 is 15.8. The molecule has 3 rings (SSSR count). The van der Waals surface area contributed by atoms with Crippen LogP contribution in [0.15, 0.2) is 66.7 Å². The van der Waals surface area contributed by atoms with Crippen LogP contribution in [0, 0.1) is 6.92 Å². The summed E-state index contributed by atoms with van der Waals surface area (Å²) in [5, 5.41) is 11.2. The number of carbonyl (C=O) groups excluding carboxylic acids is 2. The Morgan fingerprint density at radius 3 is 2.07 bits per heavy atom. The molecule has 0 radical (unpaired) electrons. The largest absolute Gasteiger partial charge is 0.497 e. The van der Waals surface area contributed by atoms with E-state index in [1.807, 2.05) is 80.3 Å². The Labute approximate surface area is 261 Å². The van der Waals surface area contributed by atoms with E-state index >= 15 is 0 Å². The summed E-state index contributed by atoms with van der Waals surface area (Å²) in [5.41, 5.74) is 9.90. The van der Waals surface area contributed by atoms with Crippen LogP contribution >= 0.6 is 0 Å². The lowest BCUT2D eigenvalue weighted by Crippen LogP contribution is -2.46. The second kappa shape index (κ2) is 17.4. The summed E-state index contributed by atoms with van der Waals surface area (Å²) in [6, 6.07) is 19.5. The smallest absolute Gasteiger partial charge is 0.254 e. The molecule has 0 saturated carbocycles. The molecular weight excluding hydrogens is 558 g/mol. The van der Waals surface area contributed by atoms with Gasteiger partial charge in [-0.1, -0.05) is 38.1 Å². The minimum Gasteiger partial charge on any atom is -0.497 e. The molecule has 0 aromatic heterocycles. The van der Waals surface area contributed by atoms with E-state index in [2.05, 4.69) is 0 Å². The number of aryl methyl sites for hydroxylation is 1. The first kappa shape index (κ1) is 34.6. The van der Waals surface area contributed by atoms with E-state index < -0.39 is 12.1 Å². The fourth-order valence-corrected chi connectivity index (χ4v) is 5.08. The maximum absolute atomic E-state index is 14.1. The highest BCUT2D eigenvalue weighted by Gasteiger charge is 2.25. The highest BCUT2D eigenvalue weighted by Crippen LogP contribution is 2.20. The number of benzene rings is 3.